The van der Waals surface area contributed by atoms with Crippen molar-refractivity contribution < 1.29 is 9.18 Å². The van der Waals surface area contributed by atoms with Gasteiger partial charge in [0, 0.05) is 10.5 Å². The fraction of sp³-hybridized carbons (Fsp3) is 0.500. The molecule has 2 nitrogen and oxygen atoms in total. The lowest BCUT2D eigenvalue weighted by molar-refractivity contribution is 0.0932. The van der Waals surface area contributed by atoms with E-state index in [9.17, 15) is 9.18 Å². The quantitative estimate of drug-likeness (QED) is 0.877. The molecule has 0 aromatic heterocycles. The van der Waals surface area contributed by atoms with Crippen molar-refractivity contribution in [2.24, 2.45) is 5.92 Å². The molecule has 0 bridgehead atoms. The van der Waals surface area contributed by atoms with E-state index in [1.807, 2.05) is 0 Å². The maximum Gasteiger partial charge on any atom is 0.252 e. The van der Waals surface area contributed by atoms with Crippen LogP contribution in [-0.2, 0) is 0 Å². The fourth-order valence-electron chi connectivity index (χ4n) is 2.02. The van der Waals surface area contributed by atoms with Crippen LogP contribution < -0.4 is 5.32 Å². The molecule has 1 atom stereocenters. The van der Waals surface area contributed by atoms with Gasteiger partial charge in [-0.25, -0.2) is 4.39 Å². The van der Waals surface area contributed by atoms with Crippen LogP contribution in [0.5, 0.6) is 0 Å². The van der Waals surface area contributed by atoms with E-state index in [-0.39, 0.29) is 17.8 Å². The number of hydrogen-bond acceptors (Lipinski definition) is 1. The first-order valence-electron chi connectivity index (χ1n) is 6.36. The van der Waals surface area contributed by atoms with Crippen LogP contribution in [0.15, 0.2) is 22.7 Å². The molecule has 1 aromatic carbocycles. The number of benzene rings is 1. The van der Waals surface area contributed by atoms with E-state index in [0.717, 1.165) is 18.8 Å². The van der Waals surface area contributed by atoms with Crippen molar-refractivity contribution in [2.75, 3.05) is 0 Å². The Bertz CT molecular complexity index is 445. The van der Waals surface area contributed by atoms with Crippen LogP contribution in [0, 0.1) is 11.7 Å². The van der Waals surface area contributed by atoms with E-state index in [2.05, 4.69) is 28.2 Å². The predicted molar refractivity (Wildman–Crippen MR) is 73.0 cm³/mol. The summed E-state index contributed by atoms with van der Waals surface area (Å²) in [5.41, 5.74) is 0.491. The van der Waals surface area contributed by atoms with Crippen LogP contribution in [0.4, 0.5) is 4.39 Å². The van der Waals surface area contributed by atoms with Crippen LogP contribution in [0.2, 0.25) is 0 Å². The van der Waals surface area contributed by atoms with Gasteiger partial charge in [0.15, 0.2) is 0 Å². The van der Waals surface area contributed by atoms with Crippen molar-refractivity contribution in [1.82, 2.24) is 5.32 Å². The molecule has 98 valence electrons. The molecule has 0 spiro atoms. The number of carbonyl (C=O) groups is 1. The van der Waals surface area contributed by atoms with Gasteiger partial charge < -0.3 is 5.32 Å². The van der Waals surface area contributed by atoms with E-state index >= 15 is 0 Å². The highest BCUT2D eigenvalue weighted by Crippen LogP contribution is 2.34. The predicted octanol–water partition coefficient (Wildman–Crippen LogP) is 3.90. The number of hydrogen-bond donors (Lipinski definition) is 1. The molecule has 18 heavy (non-hydrogen) atoms. The summed E-state index contributed by atoms with van der Waals surface area (Å²) in [4.78, 5) is 12.1. The third-order valence-corrected chi connectivity index (χ3v) is 3.97. The largest absolute Gasteiger partial charge is 0.349 e. The molecule has 0 radical (unpaired) electrons. The summed E-state index contributed by atoms with van der Waals surface area (Å²) < 4.78 is 13.5. The molecular weight excluding hydrogens is 297 g/mol. The molecule has 4 heteroatoms. The van der Waals surface area contributed by atoms with Crippen molar-refractivity contribution in [1.29, 1.82) is 0 Å². The average Bonchev–Trinajstić information content (AvgIpc) is 3.11. The van der Waals surface area contributed by atoms with Crippen molar-refractivity contribution >= 4 is 21.8 Å². The Labute approximate surface area is 115 Å². The monoisotopic (exact) mass is 313 g/mol. The van der Waals surface area contributed by atoms with Crippen LogP contribution in [0.1, 0.15) is 43.0 Å². The topological polar surface area (TPSA) is 29.1 Å². The molecular formula is C14H17BrFNO. The van der Waals surface area contributed by atoms with E-state index in [0.29, 0.717) is 10.0 Å². The zero-order chi connectivity index (χ0) is 13.1. The number of rotatable bonds is 5. The Hall–Kier alpha value is -0.900. The normalized spacial score (nSPS) is 16.4. The van der Waals surface area contributed by atoms with Gasteiger partial charge in [0.1, 0.15) is 5.82 Å². The molecule has 1 aliphatic rings. The molecule has 1 unspecified atom stereocenters. The van der Waals surface area contributed by atoms with Gasteiger partial charge in [-0.05, 0) is 52.9 Å². The maximum atomic E-state index is 13.0. The molecule has 0 heterocycles. The summed E-state index contributed by atoms with van der Waals surface area (Å²) in [6, 6.07) is 4.36. The number of amides is 1. The minimum Gasteiger partial charge on any atom is -0.349 e. The molecule has 0 saturated heterocycles. The second-order valence-corrected chi connectivity index (χ2v) is 5.74. The standard InChI is InChI=1S/C14H17BrFNO/c1-2-11(7-9-3-4-9)17-14(18)12-6-5-10(16)8-13(12)15/h5-6,8-9,11H,2-4,7H2,1H3,(H,17,18). The van der Waals surface area contributed by atoms with Gasteiger partial charge in [0.2, 0.25) is 0 Å². The Morgan fingerprint density at radius 2 is 2.28 bits per heavy atom. The van der Waals surface area contributed by atoms with Crippen LogP contribution in [-0.4, -0.2) is 11.9 Å². The Morgan fingerprint density at radius 3 is 2.83 bits per heavy atom. The van der Waals surface area contributed by atoms with Gasteiger partial charge in [0.05, 0.1) is 5.56 Å². The van der Waals surface area contributed by atoms with Crippen molar-refractivity contribution in [3.63, 3.8) is 0 Å². The average molecular weight is 314 g/mol. The van der Waals surface area contributed by atoms with Gasteiger partial charge in [-0.2, -0.15) is 0 Å². The van der Waals surface area contributed by atoms with Crippen molar-refractivity contribution in [2.45, 2.75) is 38.6 Å². The number of carbonyl (C=O) groups excluding carboxylic acids is 1. The Balaban J connectivity index is 2.00. The van der Waals surface area contributed by atoms with Crippen LogP contribution in [0.25, 0.3) is 0 Å². The highest BCUT2D eigenvalue weighted by molar-refractivity contribution is 9.10. The SMILES string of the molecule is CCC(CC1CC1)NC(=O)c1ccc(F)cc1Br. The number of nitrogens with one attached hydrogen (secondary N) is 1. The van der Waals surface area contributed by atoms with E-state index in [4.69, 9.17) is 0 Å². The van der Waals surface area contributed by atoms with Crippen molar-refractivity contribution in [3.05, 3.63) is 34.1 Å². The van der Waals surface area contributed by atoms with Gasteiger partial charge in [0.25, 0.3) is 5.91 Å². The summed E-state index contributed by atoms with van der Waals surface area (Å²) in [6.07, 6.45) is 4.56. The Kier molecular flexibility index (Phi) is 4.38. The summed E-state index contributed by atoms with van der Waals surface area (Å²) in [5, 5.41) is 3.02. The number of halogens is 2. The van der Waals surface area contributed by atoms with Gasteiger partial charge in [-0.3, -0.25) is 4.79 Å². The van der Waals surface area contributed by atoms with Crippen LogP contribution >= 0.6 is 15.9 Å². The summed E-state index contributed by atoms with van der Waals surface area (Å²) in [7, 11) is 0. The minimum atomic E-state index is -0.344. The second kappa shape index (κ2) is 5.83. The highest BCUT2D eigenvalue weighted by atomic mass is 79.9. The minimum absolute atomic E-state index is 0.130. The molecule has 1 saturated carbocycles. The van der Waals surface area contributed by atoms with Crippen LogP contribution in [0.3, 0.4) is 0 Å². The second-order valence-electron chi connectivity index (χ2n) is 4.88. The molecule has 1 amide bonds. The fourth-order valence-corrected chi connectivity index (χ4v) is 2.55. The molecule has 1 aliphatic carbocycles. The zero-order valence-electron chi connectivity index (χ0n) is 10.4. The lowest BCUT2D eigenvalue weighted by atomic mass is 10.1. The first-order chi connectivity index (χ1) is 8.60. The first-order valence-corrected chi connectivity index (χ1v) is 7.15. The molecule has 1 aromatic rings. The molecule has 1 fully saturated rings. The smallest absolute Gasteiger partial charge is 0.252 e. The summed E-state index contributed by atoms with van der Waals surface area (Å²) >= 11 is 3.22. The van der Waals surface area contributed by atoms with E-state index < -0.39 is 0 Å². The third-order valence-electron chi connectivity index (χ3n) is 3.32. The molecule has 0 aliphatic heterocycles. The highest BCUT2D eigenvalue weighted by Gasteiger charge is 2.26. The lowest BCUT2D eigenvalue weighted by Crippen LogP contribution is -2.34. The van der Waals surface area contributed by atoms with E-state index in [1.165, 1.54) is 31.0 Å². The maximum absolute atomic E-state index is 13.0. The Morgan fingerprint density at radius 1 is 1.56 bits per heavy atom. The summed E-state index contributed by atoms with van der Waals surface area (Å²) in [6.45, 7) is 2.08. The van der Waals surface area contributed by atoms with E-state index in [1.54, 1.807) is 0 Å². The van der Waals surface area contributed by atoms with Gasteiger partial charge >= 0.3 is 0 Å². The molecule has 1 N–H and O–H groups in total. The first kappa shape index (κ1) is 13.5. The van der Waals surface area contributed by atoms with Gasteiger partial charge in [-0.15, -0.1) is 0 Å². The third kappa shape index (κ3) is 3.55. The molecule has 2 rings (SSSR count). The lowest BCUT2D eigenvalue weighted by Gasteiger charge is -2.17. The zero-order valence-corrected chi connectivity index (χ0v) is 12.0. The van der Waals surface area contributed by atoms with Gasteiger partial charge in [-0.1, -0.05) is 19.8 Å². The van der Waals surface area contributed by atoms with Crippen molar-refractivity contribution in [3.8, 4) is 0 Å². The summed E-state index contributed by atoms with van der Waals surface area (Å²) in [5.74, 6) is 0.310.